The molecule has 0 bridgehead atoms. The van der Waals surface area contributed by atoms with Crippen molar-refractivity contribution in [3.63, 3.8) is 0 Å². The molecular weight excluding hydrogens is 322 g/mol. The van der Waals surface area contributed by atoms with E-state index in [1.165, 1.54) is 22.1 Å². The van der Waals surface area contributed by atoms with Gasteiger partial charge < -0.3 is 10.1 Å². The van der Waals surface area contributed by atoms with Crippen LogP contribution in [-0.4, -0.2) is 19.6 Å². The van der Waals surface area contributed by atoms with Gasteiger partial charge in [0, 0.05) is 18.9 Å². The monoisotopic (exact) mass is 345 g/mol. The van der Waals surface area contributed by atoms with Gasteiger partial charge in [-0.25, -0.2) is 0 Å². The number of amides is 1. The van der Waals surface area contributed by atoms with Crippen molar-refractivity contribution < 1.29 is 9.53 Å². The molecule has 3 nitrogen and oxygen atoms in total. The summed E-state index contributed by atoms with van der Waals surface area (Å²) >= 11 is 0. The molecule has 0 aromatic heterocycles. The number of benzene rings is 3. The fraction of sp³-hybridized carbons (Fsp3) is 0.261. The molecule has 3 heteroatoms. The van der Waals surface area contributed by atoms with Crippen molar-refractivity contribution in [1.82, 2.24) is 5.32 Å². The lowest BCUT2D eigenvalue weighted by Gasteiger charge is -2.13. The molecule has 1 aliphatic carbocycles. The zero-order valence-corrected chi connectivity index (χ0v) is 15.2. The van der Waals surface area contributed by atoms with Gasteiger partial charge in [0.25, 0.3) is 0 Å². The highest BCUT2D eigenvalue weighted by Gasteiger charge is 2.39. The Morgan fingerprint density at radius 1 is 1.04 bits per heavy atom. The molecule has 2 atom stereocenters. The van der Waals surface area contributed by atoms with Crippen molar-refractivity contribution in [3.05, 3.63) is 66.2 Å². The number of hydrogen-bond acceptors (Lipinski definition) is 2. The van der Waals surface area contributed by atoms with Gasteiger partial charge in [-0.3, -0.25) is 4.79 Å². The highest BCUT2D eigenvalue weighted by molar-refractivity contribution is 5.95. The van der Waals surface area contributed by atoms with Crippen LogP contribution in [0.15, 0.2) is 60.7 Å². The first-order chi connectivity index (χ1) is 12.7. The molecule has 0 unspecified atom stereocenters. The standard InChI is InChI=1S/C23H23NO2/c1-15(25)24-14-18-13-20(18)21-11-17(16-7-4-3-5-8-16)12-22-19(21)9-6-10-23(22)26-2/h3-12,18,20H,13-14H2,1-2H3,(H,24,25)/t18-,20+/m0/s1. The van der Waals surface area contributed by atoms with Crippen molar-refractivity contribution in [3.8, 4) is 16.9 Å². The Bertz CT molecular complexity index is 949. The Morgan fingerprint density at radius 3 is 2.58 bits per heavy atom. The van der Waals surface area contributed by atoms with E-state index in [-0.39, 0.29) is 5.91 Å². The lowest BCUT2D eigenvalue weighted by Crippen LogP contribution is -2.22. The van der Waals surface area contributed by atoms with Gasteiger partial charge in [-0.15, -0.1) is 0 Å². The highest BCUT2D eigenvalue weighted by atomic mass is 16.5. The molecule has 1 amide bonds. The second-order valence-electron chi connectivity index (χ2n) is 7.03. The van der Waals surface area contributed by atoms with Crippen LogP contribution in [0.1, 0.15) is 24.8 Å². The summed E-state index contributed by atoms with van der Waals surface area (Å²) in [6, 6.07) is 21.2. The molecule has 0 radical (unpaired) electrons. The summed E-state index contributed by atoms with van der Waals surface area (Å²) in [7, 11) is 1.72. The number of carbonyl (C=O) groups is 1. The number of ether oxygens (including phenoxy) is 1. The smallest absolute Gasteiger partial charge is 0.216 e. The largest absolute Gasteiger partial charge is 0.496 e. The predicted molar refractivity (Wildman–Crippen MR) is 105 cm³/mol. The third-order valence-electron chi connectivity index (χ3n) is 5.25. The van der Waals surface area contributed by atoms with Crippen molar-refractivity contribution in [2.45, 2.75) is 19.3 Å². The van der Waals surface area contributed by atoms with Crippen LogP contribution in [0.25, 0.3) is 21.9 Å². The third-order valence-corrected chi connectivity index (χ3v) is 5.25. The van der Waals surface area contributed by atoms with Gasteiger partial charge in [0.05, 0.1) is 7.11 Å². The van der Waals surface area contributed by atoms with Crippen LogP contribution in [0.5, 0.6) is 5.75 Å². The summed E-state index contributed by atoms with van der Waals surface area (Å²) in [6.07, 6.45) is 1.12. The summed E-state index contributed by atoms with van der Waals surface area (Å²) in [5.74, 6) is 1.94. The maximum Gasteiger partial charge on any atom is 0.216 e. The molecule has 0 spiro atoms. The first-order valence-electron chi connectivity index (χ1n) is 9.08. The third kappa shape index (κ3) is 3.17. The molecule has 1 saturated carbocycles. The Morgan fingerprint density at radius 2 is 1.85 bits per heavy atom. The van der Waals surface area contributed by atoms with Gasteiger partial charge in [0.1, 0.15) is 5.75 Å². The molecular formula is C23H23NO2. The molecule has 26 heavy (non-hydrogen) atoms. The van der Waals surface area contributed by atoms with Gasteiger partial charge in [-0.2, -0.15) is 0 Å². The van der Waals surface area contributed by atoms with Crippen LogP contribution in [0, 0.1) is 5.92 Å². The number of nitrogens with one attached hydrogen (secondary N) is 1. The maximum absolute atomic E-state index is 11.2. The maximum atomic E-state index is 11.2. The van der Waals surface area contributed by atoms with Crippen LogP contribution >= 0.6 is 0 Å². The summed E-state index contributed by atoms with van der Waals surface area (Å²) in [4.78, 5) is 11.2. The van der Waals surface area contributed by atoms with E-state index in [0.29, 0.717) is 11.8 Å². The molecule has 1 N–H and O–H groups in total. The van der Waals surface area contributed by atoms with Gasteiger partial charge in [-0.05, 0) is 52.5 Å². The van der Waals surface area contributed by atoms with Crippen LogP contribution in [0.3, 0.4) is 0 Å². The molecule has 3 aromatic rings. The fourth-order valence-corrected chi connectivity index (χ4v) is 3.80. The van der Waals surface area contributed by atoms with Crippen molar-refractivity contribution in [2.75, 3.05) is 13.7 Å². The fourth-order valence-electron chi connectivity index (χ4n) is 3.80. The topological polar surface area (TPSA) is 38.3 Å². The lowest BCUT2D eigenvalue weighted by molar-refractivity contribution is -0.119. The van der Waals surface area contributed by atoms with Crippen LogP contribution in [-0.2, 0) is 4.79 Å². The van der Waals surface area contributed by atoms with E-state index >= 15 is 0 Å². The van der Waals surface area contributed by atoms with Crippen molar-refractivity contribution in [1.29, 1.82) is 0 Å². The second-order valence-corrected chi connectivity index (χ2v) is 7.03. The van der Waals surface area contributed by atoms with Crippen molar-refractivity contribution >= 4 is 16.7 Å². The first kappa shape index (κ1) is 16.6. The second kappa shape index (κ2) is 6.83. The molecule has 132 valence electrons. The normalized spacial score (nSPS) is 18.5. The van der Waals surface area contributed by atoms with E-state index in [9.17, 15) is 4.79 Å². The van der Waals surface area contributed by atoms with Crippen LogP contribution < -0.4 is 10.1 Å². The summed E-state index contributed by atoms with van der Waals surface area (Å²) < 4.78 is 5.62. The molecule has 4 rings (SSSR count). The lowest BCUT2D eigenvalue weighted by atomic mass is 9.93. The number of hydrogen-bond donors (Lipinski definition) is 1. The summed E-state index contributed by atoms with van der Waals surface area (Å²) in [6.45, 7) is 2.33. The molecule has 1 aliphatic rings. The number of carbonyl (C=O) groups excluding carboxylic acids is 1. The first-order valence-corrected chi connectivity index (χ1v) is 9.08. The minimum Gasteiger partial charge on any atom is -0.496 e. The number of fused-ring (bicyclic) bond motifs is 1. The van der Waals surface area contributed by atoms with Gasteiger partial charge in [-0.1, -0.05) is 48.5 Å². The Hall–Kier alpha value is -2.81. The number of methoxy groups -OCH3 is 1. The van der Waals surface area contributed by atoms with E-state index in [1.807, 2.05) is 12.1 Å². The molecule has 3 aromatic carbocycles. The Kier molecular flexibility index (Phi) is 4.37. The SMILES string of the molecule is COc1cccc2c([C@@H]3C[C@H]3CNC(C)=O)cc(-c3ccccc3)cc12. The Balaban J connectivity index is 1.79. The van der Waals surface area contributed by atoms with Crippen molar-refractivity contribution in [2.24, 2.45) is 5.92 Å². The van der Waals surface area contributed by atoms with E-state index in [0.717, 1.165) is 24.1 Å². The van der Waals surface area contributed by atoms with E-state index in [1.54, 1.807) is 14.0 Å². The molecule has 0 heterocycles. The van der Waals surface area contributed by atoms with E-state index < -0.39 is 0 Å². The van der Waals surface area contributed by atoms with Gasteiger partial charge in [0.15, 0.2) is 0 Å². The molecule has 1 fully saturated rings. The minimum absolute atomic E-state index is 0.0419. The van der Waals surface area contributed by atoms with Crippen LogP contribution in [0.2, 0.25) is 0 Å². The quantitative estimate of drug-likeness (QED) is 0.724. The Labute approximate surface area is 154 Å². The van der Waals surface area contributed by atoms with E-state index in [2.05, 4.69) is 53.8 Å². The number of rotatable bonds is 5. The average Bonchev–Trinajstić information content (AvgIpc) is 3.45. The molecule has 0 saturated heterocycles. The van der Waals surface area contributed by atoms with Gasteiger partial charge >= 0.3 is 0 Å². The predicted octanol–water partition coefficient (Wildman–Crippen LogP) is 4.76. The van der Waals surface area contributed by atoms with Crippen LogP contribution in [0.4, 0.5) is 0 Å². The zero-order chi connectivity index (χ0) is 18.1. The minimum atomic E-state index is 0.0419. The van der Waals surface area contributed by atoms with Gasteiger partial charge in [0.2, 0.25) is 5.91 Å². The summed E-state index contributed by atoms with van der Waals surface area (Å²) in [5.41, 5.74) is 3.78. The zero-order valence-electron chi connectivity index (χ0n) is 15.2. The summed E-state index contributed by atoms with van der Waals surface area (Å²) in [5, 5.41) is 5.36. The van der Waals surface area contributed by atoms with E-state index in [4.69, 9.17) is 4.74 Å². The average molecular weight is 345 g/mol. The highest BCUT2D eigenvalue weighted by Crippen LogP contribution is 2.50. The molecule has 0 aliphatic heterocycles.